The maximum Gasteiger partial charge on any atom is 0.490 e. The minimum Gasteiger partial charge on any atom is -0.475 e. The van der Waals surface area contributed by atoms with Crippen molar-refractivity contribution in [1.29, 1.82) is 0 Å². The van der Waals surface area contributed by atoms with E-state index in [4.69, 9.17) is 19.4 Å². The number of carbonyl (C=O) groups is 1. The summed E-state index contributed by atoms with van der Waals surface area (Å²) >= 11 is 2.08. The summed E-state index contributed by atoms with van der Waals surface area (Å²) in [5, 5.41) is 7.12. The lowest BCUT2D eigenvalue weighted by Crippen LogP contribution is -2.58. The van der Waals surface area contributed by atoms with E-state index in [1.54, 1.807) is 12.1 Å². The molecule has 3 saturated heterocycles. The van der Waals surface area contributed by atoms with Gasteiger partial charge in [-0.3, -0.25) is 4.90 Å². The van der Waals surface area contributed by atoms with Gasteiger partial charge in [0.2, 0.25) is 0 Å². The average molecular weight is 466 g/mol. The van der Waals surface area contributed by atoms with Crippen molar-refractivity contribution in [2.75, 3.05) is 38.7 Å². The van der Waals surface area contributed by atoms with Crippen LogP contribution in [0.1, 0.15) is 24.8 Å². The van der Waals surface area contributed by atoms with Crippen LogP contribution >= 0.6 is 11.8 Å². The van der Waals surface area contributed by atoms with Crippen molar-refractivity contribution >= 4 is 17.7 Å². The number of benzene rings is 1. The van der Waals surface area contributed by atoms with Crippen LogP contribution in [0.5, 0.6) is 0 Å². The van der Waals surface area contributed by atoms with Crippen LogP contribution in [0.2, 0.25) is 0 Å². The van der Waals surface area contributed by atoms with Crippen molar-refractivity contribution in [3.05, 3.63) is 35.6 Å². The van der Waals surface area contributed by atoms with Crippen LogP contribution in [0.25, 0.3) is 0 Å². The molecule has 0 aromatic heterocycles. The number of ether oxygens (including phenoxy) is 2. The number of thioether (sulfide) groups is 1. The molecule has 1 atom stereocenters. The van der Waals surface area contributed by atoms with Gasteiger partial charge in [-0.1, -0.05) is 12.1 Å². The first-order valence-corrected chi connectivity index (χ1v) is 11.2. The number of hydrogen-bond acceptors (Lipinski definition) is 5. The molecule has 3 aliphatic heterocycles. The van der Waals surface area contributed by atoms with Gasteiger partial charge < -0.3 is 14.6 Å². The first kappa shape index (κ1) is 24.3. The predicted molar refractivity (Wildman–Crippen MR) is 108 cm³/mol. The Morgan fingerprint density at radius 1 is 1.29 bits per heavy atom. The number of alkyl halides is 3. The van der Waals surface area contributed by atoms with Crippen LogP contribution in [0, 0.1) is 11.7 Å². The molecule has 174 valence electrons. The summed E-state index contributed by atoms with van der Waals surface area (Å²) in [5.41, 5.74) is 1.07. The third-order valence-electron chi connectivity index (χ3n) is 5.64. The van der Waals surface area contributed by atoms with E-state index >= 15 is 0 Å². The lowest BCUT2D eigenvalue weighted by Gasteiger charge is -2.47. The topological polar surface area (TPSA) is 59.0 Å². The molecule has 4 rings (SSSR count). The smallest absolute Gasteiger partial charge is 0.475 e. The quantitative estimate of drug-likeness (QED) is 0.665. The minimum absolute atomic E-state index is 0.139. The molecule has 0 radical (unpaired) electrons. The van der Waals surface area contributed by atoms with Crippen LogP contribution in [0.15, 0.2) is 24.3 Å². The maximum absolute atomic E-state index is 13.3. The van der Waals surface area contributed by atoms with Gasteiger partial charge >= 0.3 is 12.1 Å². The third-order valence-corrected chi connectivity index (χ3v) is 7.22. The number of halogens is 4. The number of nitrogens with zero attached hydrogens (tertiary/aromatic N) is 1. The standard InChI is InChI=1S/C19H26FNO2S.C2HF3O2/c20-17-3-1-2-16(8-17)10-21-13-19(14-21)9-18(12-24-19)23-11-15-4-6-22-7-5-15;3-2(4,5)1(6)7/h1-3,8,15,18H,4-7,9-14H2;(H,6,7). The molecule has 5 nitrogen and oxygen atoms in total. The lowest BCUT2D eigenvalue weighted by atomic mass is 9.92. The molecular weight excluding hydrogens is 438 g/mol. The Hall–Kier alpha value is -1.36. The molecular formula is C21H27F4NO4S. The van der Waals surface area contributed by atoms with Gasteiger partial charge in [0.1, 0.15) is 5.82 Å². The Kier molecular flexibility index (Phi) is 8.23. The van der Waals surface area contributed by atoms with E-state index in [0.717, 1.165) is 63.6 Å². The summed E-state index contributed by atoms with van der Waals surface area (Å²) in [7, 11) is 0. The van der Waals surface area contributed by atoms with Crippen molar-refractivity contribution in [1.82, 2.24) is 4.90 Å². The third kappa shape index (κ3) is 7.34. The summed E-state index contributed by atoms with van der Waals surface area (Å²) in [5.74, 6) is -1.09. The molecule has 1 N–H and O–H groups in total. The predicted octanol–water partition coefficient (Wildman–Crippen LogP) is 3.96. The second-order valence-electron chi connectivity index (χ2n) is 8.29. The highest BCUT2D eigenvalue weighted by atomic mass is 32.2. The fourth-order valence-electron chi connectivity index (χ4n) is 4.09. The molecule has 0 aliphatic carbocycles. The summed E-state index contributed by atoms with van der Waals surface area (Å²) in [4.78, 5) is 11.3. The second-order valence-corrected chi connectivity index (χ2v) is 9.78. The van der Waals surface area contributed by atoms with E-state index in [1.807, 2.05) is 6.07 Å². The molecule has 1 unspecified atom stereocenters. The number of carboxylic acid groups (broad SMARTS) is 1. The van der Waals surface area contributed by atoms with Crippen LogP contribution < -0.4 is 0 Å². The first-order valence-electron chi connectivity index (χ1n) is 10.3. The Morgan fingerprint density at radius 2 is 1.97 bits per heavy atom. The summed E-state index contributed by atoms with van der Waals surface area (Å²) < 4.78 is 57.0. The highest BCUT2D eigenvalue weighted by Gasteiger charge is 2.49. The van der Waals surface area contributed by atoms with Gasteiger partial charge in [-0.15, -0.1) is 11.8 Å². The Morgan fingerprint density at radius 3 is 2.58 bits per heavy atom. The monoisotopic (exact) mass is 465 g/mol. The first-order chi connectivity index (χ1) is 14.7. The van der Waals surface area contributed by atoms with Gasteiger partial charge in [0.15, 0.2) is 0 Å². The zero-order chi connectivity index (χ0) is 22.5. The van der Waals surface area contributed by atoms with E-state index in [1.165, 1.54) is 12.5 Å². The van der Waals surface area contributed by atoms with Crippen LogP contribution in [0.3, 0.4) is 0 Å². The van der Waals surface area contributed by atoms with Gasteiger partial charge in [0.05, 0.1) is 6.10 Å². The van der Waals surface area contributed by atoms with Crippen molar-refractivity contribution in [3.8, 4) is 0 Å². The van der Waals surface area contributed by atoms with Crippen LogP contribution in [-0.2, 0) is 20.8 Å². The number of rotatable bonds is 5. The molecule has 0 bridgehead atoms. The molecule has 0 saturated carbocycles. The Bertz CT molecular complexity index is 736. The summed E-state index contributed by atoms with van der Waals surface area (Å²) in [6.45, 7) is 5.75. The van der Waals surface area contributed by atoms with Crippen molar-refractivity contribution in [2.24, 2.45) is 5.92 Å². The molecule has 31 heavy (non-hydrogen) atoms. The van der Waals surface area contributed by atoms with Crippen LogP contribution in [0.4, 0.5) is 17.6 Å². The van der Waals surface area contributed by atoms with Crippen molar-refractivity contribution in [3.63, 3.8) is 0 Å². The highest BCUT2D eigenvalue weighted by molar-refractivity contribution is 8.01. The molecule has 3 aliphatic rings. The molecule has 10 heteroatoms. The number of carboxylic acids is 1. The Labute approximate surface area is 183 Å². The van der Waals surface area contributed by atoms with E-state index in [2.05, 4.69) is 16.7 Å². The molecule has 1 spiro atoms. The molecule has 1 aromatic rings. The Balaban J connectivity index is 0.000000339. The second kappa shape index (κ2) is 10.5. The van der Waals surface area contributed by atoms with E-state index in [0.29, 0.717) is 16.8 Å². The summed E-state index contributed by atoms with van der Waals surface area (Å²) in [6.07, 6.45) is -1.21. The van der Waals surface area contributed by atoms with Gasteiger partial charge in [-0.2, -0.15) is 13.2 Å². The van der Waals surface area contributed by atoms with Crippen LogP contribution in [-0.4, -0.2) is 71.7 Å². The average Bonchev–Trinajstić information content (AvgIpc) is 3.11. The normalized spacial score (nSPS) is 23.8. The van der Waals surface area contributed by atoms with Gasteiger partial charge in [0, 0.05) is 50.0 Å². The SMILES string of the molecule is Fc1cccc(CN2CC3(CC(OCC4CCOCC4)CS3)C2)c1.O=C(O)C(F)(F)F. The molecule has 3 fully saturated rings. The molecule has 1 aromatic carbocycles. The lowest BCUT2D eigenvalue weighted by molar-refractivity contribution is -0.192. The fourth-order valence-corrected chi connectivity index (χ4v) is 5.69. The van der Waals surface area contributed by atoms with E-state index in [-0.39, 0.29) is 5.82 Å². The number of aliphatic carboxylic acids is 1. The zero-order valence-electron chi connectivity index (χ0n) is 17.1. The van der Waals surface area contributed by atoms with E-state index in [9.17, 15) is 17.6 Å². The fraction of sp³-hybridized carbons (Fsp3) is 0.667. The van der Waals surface area contributed by atoms with E-state index < -0.39 is 12.1 Å². The molecule has 0 amide bonds. The van der Waals surface area contributed by atoms with Gasteiger partial charge in [-0.25, -0.2) is 9.18 Å². The zero-order valence-corrected chi connectivity index (χ0v) is 17.9. The van der Waals surface area contributed by atoms with Gasteiger partial charge in [0.25, 0.3) is 0 Å². The minimum atomic E-state index is -5.08. The number of hydrogen-bond donors (Lipinski definition) is 1. The van der Waals surface area contributed by atoms with Crippen molar-refractivity contribution in [2.45, 2.75) is 42.8 Å². The molecule has 3 heterocycles. The number of likely N-dealkylation sites (tertiary alicyclic amines) is 1. The largest absolute Gasteiger partial charge is 0.490 e. The maximum atomic E-state index is 13.3. The highest BCUT2D eigenvalue weighted by Crippen LogP contribution is 2.46. The van der Waals surface area contributed by atoms with Crippen molar-refractivity contribution < 1.29 is 36.9 Å². The van der Waals surface area contributed by atoms with Gasteiger partial charge in [-0.05, 0) is 42.9 Å². The summed E-state index contributed by atoms with van der Waals surface area (Å²) in [6, 6.07) is 6.96.